The monoisotopic (exact) mass is 296 g/mol. The zero-order chi connectivity index (χ0) is 15.3. The Labute approximate surface area is 120 Å². The van der Waals surface area contributed by atoms with Gasteiger partial charge in [-0.3, -0.25) is 0 Å². The number of methoxy groups -OCH3 is 1. The van der Waals surface area contributed by atoms with Gasteiger partial charge in [-0.25, -0.2) is 0 Å². The Kier molecular flexibility index (Phi) is 12.3. The lowest BCUT2D eigenvalue weighted by Gasteiger charge is -2.36. The minimum absolute atomic E-state index is 0.0517. The van der Waals surface area contributed by atoms with Crippen molar-refractivity contribution in [1.82, 2.24) is 0 Å². The first-order chi connectivity index (χ1) is 9.70. The first kappa shape index (κ1) is 19.7. The summed E-state index contributed by atoms with van der Waals surface area (Å²) < 4.78 is 26.2. The molecule has 0 aromatic rings. The molecule has 122 valence electrons. The highest BCUT2D eigenvalue weighted by molar-refractivity contribution is 4.82. The molecule has 0 radical (unpaired) electrons. The summed E-state index contributed by atoms with van der Waals surface area (Å²) in [5.74, 6) is 0. The Morgan fingerprint density at radius 1 is 0.950 bits per heavy atom. The summed E-state index contributed by atoms with van der Waals surface area (Å²) in [6.07, 6.45) is -0.730. The first-order valence-electron chi connectivity index (χ1n) is 6.80. The van der Waals surface area contributed by atoms with E-state index in [1.54, 1.807) is 7.11 Å². The van der Waals surface area contributed by atoms with E-state index < -0.39 is 11.7 Å². The van der Waals surface area contributed by atoms with Gasteiger partial charge in [0.2, 0.25) is 0 Å². The maximum absolute atomic E-state index is 9.58. The minimum atomic E-state index is -1.02. The third kappa shape index (κ3) is 6.94. The number of hydrogen-bond acceptors (Lipinski definition) is 7. The largest absolute Gasteiger partial charge is 0.395 e. The van der Waals surface area contributed by atoms with E-state index in [0.29, 0.717) is 26.4 Å². The van der Waals surface area contributed by atoms with E-state index in [9.17, 15) is 10.2 Å². The molecule has 0 aromatic carbocycles. The average Bonchev–Trinajstić information content (AvgIpc) is 2.47. The first-order valence-corrected chi connectivity index (χ1v) is 6.80. The second-order valence-corrected chi connectivity index (χ2v) is 4.29. The van der Waals surface area contributed by atoms with Gasteiger partial charge < -0.3 is 33.9 Å². The van der Waals surface area contributed by atoms with Gasteiger partial charge >= 0.3 is 0 Å². The van der Waals surface area contributed by atoms with E-state index in [1.165, 1.54) is 0 Å². The average molecular weight is 296 g/mol. The summed E-state index contributed by atoms with van der Waals surface area (Å²) in [5, 5.41) is 19.2. The third-order valence-corrected chi connectivity index (χ3v) is 2.75. The molecular formula is C13H28O7. The molecule has 20 heavy (non-hydrogen) atoms. The zero-order valence-corrected chi connectivity index (χ0v) is 12.7. The zero-order valence-electron chi connectivity index (χ0n) is 12.7. The Morgan fingerprint density at radius 2 is 1.55 bits per heavy atom. The van der Waals surface area contributed by atoms with Gasteiger partial charge in [-0.15, -0.1) is 0 Å². The summed E-state index contributed by atoms with van der Waals surface area (Å²) in [6, 6.07) is 0. The van der Waals surface area contributed by atoms with Crippen molar-refractivity contribution in [2.45, 2.75) is 20.1 Å². The predicted octanol–water partition coefficient (Wildman–Crippen LogP) is -0.00640. The quantitative estimate of drug-likeness (QED) is 0.344. The lowest BCUT2D eigenvalue weighted by molar-refractivity contribution is -0.244. The van der Waals surface area contributed by atoms with E-state index in [0.717, 1.165) is 0 Å². The van der Waals surface area contributed by atoms with Crippen LogP contribution in [0.1, 0.15) is 13.8 Å². The molecule has 0 aliphatic heterocycles. The molecule has 0 bridgehead atoms. The maximum Gasteiger partial charge on any atom is 0.169 e. The van der Waals surface area contributed by atoms with Crippen LogP contribution in [0.2, 0.25) is 0 Å². The normalized spacial score (nSPS) is 12.3. The van der Waals surface area contributed by atoms with Crippen molar-refractivity contribution in [2.75, 3.05) is 60.2 Å². The molecule has 0 rings (SSSR count). The van der Waals surface area contributed by atoms with Crippen LogP contribution < -0.4 is 0 Å². The lowest BCUT2D eigenvalue weighted by Crippen LogP contribution is -2.48. The van der Waals surface area contributed by atoms with Crippen LogP contribution in [0.25, 0.3) is 0 Å². The van der Waals surface area contributed by atoms with Crippen molar-refractivity contribution in [3.05, 3.63) is 0 Å². The number of aliphatic hydroxyl groups is 2. The van der Waals surface area contributed by atoms with Gasteiger partial charge in [0.1, 0.15) is 6.79 Å². The van der Waals surface area contributed by atoms with Crippen LogP contribution in [0.15, 0.2) is 0 Å². The minimum Gasteiger partial charge on any atom is -0.395 e. The molecule has 0 spiro atoms. The lowest BCUT2D eigenvalue weighted by atomic mass is 9.90. The van der Waals surface area contributed by atoms with Crippen LogP contribution in [0.5, 0.6) is 0 Å². The second-order valence-electron chi connectivity index (χ2n) is 4.29. The molecule has 0 fully saturated rings. The van der Waals surface area contributed by atoms with Gasteiger partial charge in [0.15, 0.2) is 6.29 Å². The molecule has 0 aliphatic rings. The van der Waals surface area contributed by atoms with Gasteiger partial charge in [0, 0.05) is 20.3 Å². The highest BCUT2D eigenvalue weighted by Crippen LogP contribution is 2.25. The Bertz CT molecular complexity index is 203. The van der Waals surface area contributed by atoms with E-state index >= 15 is 0 Å². The molecule has 0 aromatic heterocycles. The van der Waals surface area contributed by atoms with Crippen LogP contribution >= 0.6 is 0 Å². The van der Waals surface area contributed by atoms with Crippen LogP contribution in [-0.2, 0) is 23.7 Å². The summed E-state index contributed by atoms with van der Waals surface area (Å²) in [7, 11) is 1.58. The number of hydrogen-bond donors (Lipinski definition) is 2. The van der Waals surface area contributed by atoms with Crippen molar-refractivity contribution in [3.63, 3.8) is 0 Å². The summed E-state index contributed by atoms with van der Waals surface area (Å²) in [6.45, 7) is 4.86. The van der Waals surface area contributed by atoms with Crippen molar-refractivity contribution in [3.8, 4) is 0 Å². The molecule has 0 saturated carbocycles. The summed E-state index contributed by atoms with van der Waals surface area (Å²) in [5.41, 5.74) is -1.02. The molecule has 0 unspecified atom stereocenters. The molecular weight excluding hydrogens is 268 g/mol. The van der Waals surface area contributed by atoms with Gasteiger partial charge in [-0.2, -0.15) is 0 Å². The molecule has 0 aliphatic carbocycles. The fraction of sp³-hybridized carbons (Fsp3) is 1.00. The fourth-order valence-electron chi connectivity index (χ4n) is 1.57. The molecule has 0 atom stereocenters. The van der Waals surface area contributed by atoms with Crippen LogP contribution in [0, 0.1) is 5.41 Å². The predicted molar refractivity (Wildman–Crippen MR) is 72.3 cm³/mol. The van der Waals surface area contributed by atoms with E-state index in [2.05, 4.69) is 0 Å². The highest BCUT2D eigenvalue weighted by atomic mass is 16.7. The topological polar surface area (TPSA) is 86.6 Å². The number of aliphatic hydroxyl groups excluding tert-OH is 2. The van der Waals surface area contributed by atoms with Crippen molar-refractivity contribution in [1.29, 1.82) is 0 Å². The van der Waals surface area contributed by atoms with Gasteiger partial charge in [-0.1, -0.05) is 0 Å². The number of ether oxygens (including phenoxy) is 5. The van der Waals surface area contributed by atoms with Crippen LogP contribution in [-0.4, -0.2) is 76.7 Å². The van der Waals surface area contributed by atoms with Gasteiger partial charge in [-0.05, 0) is 13.8 Å². The third-order valence-electron chi connectivity index (χ3n) is 2.75. The molecule has 0 saturated heterocycles. The van der Waals surface area contributed by atoms with Gasteiger partial charge in [0.05, 0.1) is 38.4 Å². The maximum atomic E-state index is 9.58. The fourth-order valence-corrected chi connectivity index (χ4v) is 1.57. The van der Waals surface area contributed by atoms with Crippen LogP contribution in [0.3, 0.4) is 0 Å². The van der Waals surface area contributed by atoms with Crippen molar-refractivity contribution in [2.24, 2.45) is 5.41 Å². The molecule has 0 amide bonds. The van der Waals surface area contributed by atoms with Crippen molar-refractivity contribution >= 4 is 0 Å². The Balaban J connectivity index is 4.33. The van der Waals surface area contributed by atoms with E-state index in [4.69, 9.17) is 23.7 Å². The molecule has 0 heterocycles. The molecule has 2 N–H and O–H groups in total. The highest BCUT2D eigenvalue weighted by Gasteiger charge is 2.40. The smallest absolute Gasteiger partial charge is 0.169 e. The van der Waals surface area contributed by atoms with Gasteiger partial charge in [0.25, 0.3) is 0 Å². The van der Waals surface area contributed by atoms with Crippen LogP contribution in [0.4, 0.5) is 0 Å². The second kappa shape index (κ2) is 12.5. The SMILES string of the molecule is CCOC(OCC)C(CO)(CO)COCOCCOC. The Morgan fingerprint density at radius 3 is 2.00 bits per heavy atom. The Hall–Kier alpha value is -0.280. The summed E-state index contributed by atoms with van der Waals surface area (Å²) in [4.78, 5) is 0. The molecule has 7 nitrogen and oxygen atoms in total. The van der Waals surface area contributed by atoms with E-state index in [1.807, 2.05) is 13.8 Å². The summed E-state index contributed by atoms with van der Waals surface area (Å²) >= 11 is 0. The standard InChI is InChI=1S/C13H28O7/c1-4-19-12(20-5-2)13(8-14,9-15)10-18-11-17-7-6-16-3/h12,14-15H,4-11H2,1-3H3. The molecule has 7 heteroatoms. The number of rotatable bonds is 14. The van der Waals surface area contributed by atoms with E-state index in [-0.39, 0.29) is 26.6 Å². The van der Waals surface area contributed by atoms with Crippen molar-refractivity contribution < 1.29 is 33.9 Å².